The molecule has 1 fully saturated rings. The highest BCUT2D eigenvalue weighted by Crippen LogP contribution is 2.20. The van der Waals surface area contributed by atoms with Crippen LogP contribution in [0.15, 0.2) is 20.8 Å². The number of H-pyrrole nitrogens is 1. The van der Waals surface area contributed by atoms with Crippen LogP contribution in [0.4, 0.5) is 0 Å². The summed E-state index contributed by atoms with van der Waals surface area (Å²) < 4.78 is 17.2. The Hall–Kier alpha value is -1.46. The largest absolute Gasteiger partial charge is 0.459 e. The van der Waals surface area contributed by atoms with Crippen molar-refractivity contribution >= 4 is 40.4 Å². The SMILES string of the molecule is CC(C)[C@H](N)C(=O)OC[C@H]1OC[C@@H](n2cc(/C=C/Br)c(=O)[nH]c2=O)O1.Cl. The molecule has 0 aliphatic carbocycles. The van der Waals surface area contributed by atoms with E-state index < -0.39 is 35.8 Å². The predicted molar refractivity (Wildman–Crippen MR) is 100 cm³/mol. The molecular formula is C15H21BrClN3O6. The third kappa shape index (κ3) is 5.52. The average molecular weight is 455 g/mol. The number of rotatable bonds is 6. The van der Waals surface area contributed by atoms with Crippen molar-refractivity contribution in [3.05, 3.63) is 37.6 Å². The van der Waals surface area contributed by atoms with Gasteiger partial charge in [-0.3, -0.25) is 19.1 Å². The van der Waals surface area contributed by atoms with Gasteiger partial charge in [-0.1, -0.05) is 29.8 Å². The number of hydrogen-bond donors (Lipinski definition) is 2. The maximum absolute atomic E-state index is 12.0. The summed E-state index contributed by atoms with van der Waals surface area (Å²) in [4.78, 5) is 39.1. The lowest BCUT2D eigenvalue weighted by molar-refractivity contribution is -0.161. The molecule has 1 aliphatic rings. The van der Waals surface area contributed by atoms with Gasteiger partial charge in [-0.15, -0.1) is 12.4 Å². The fraction of sp³-hybridized carbons (Fsp3) is 0.533. The Labute approximate surface area is 164 Å². The highest BCUT2D eigenvalue weighted by atomic mass is 79.9. The Morgan fingerprint density at radius 2 is 2.23 bits per heavy atom. The fourth-order valence-corrected chi connectivity index (χ4v) is 2.38. The predicted octanol–water partition coefficient (Wildman–Crippen LogP) is 0.722. The molecule has 3 atom stereocenters. The van der Waals surface area contributed by atoms with Crippen LogP contribution in [-0.4, -0.2) is 41.1 Å². The molecule has 1 aromatic rings. The van der Waals surface area contributed by atoms with Crippen LogP contribution < -0.4 is 17.0 Å². The smallest absolute Gasteiger partial charge is 0.330 e. The maximum Gasteiger partial charge on any atom is 0.330 e. The standard InChI is InChI=1S/C15H20BrN3O6.ClH/c1-8(2)12(17)14(21)24-7-11-23-6-10(25-11)19-5-9(3-4-16)13(20)18-15(19)22;/h3-5,8,10-12H,6-7,17H2,1-2H3,(H,18,20,22);1H/b4-3+;/t10-,11-,12-;/m0./s1. The Morgan fingerprint density at radius 3 is 2.85 bits per heavy atom. The Balaban J connectivity index is 0.00000338. The zero-order chi connectivity index (χ0) is 18.6. The average Bonchev–Trinajstić information content (AvgIpc) is 3.03. The van der Waals surface area contributed by atoms with E-state index in [4.69, 9.17) is 19.9 Å². The molecule has 9 nitrogen and oxygen atoms in total. The highest BCUT2D eigenvalue weighted by molar-refractivity contribution is 9.11. The molecule has 3 N–H and O–H groups in total. The second-order valence-corrected chi connectivity index (χ2v) is 6.33. The van der Waals surface area contributed by atoms with Gasteiger partial charge < -0.3 is 19.9 Å². The number of ether oxygens (including phenoxy) is 3. The van der Waals surface area contributed by atoms with Crippen molar-refractivity contribution < 1.29 is 19.0 Å². The normalized spacial score (nSPS) is 21.0. The van der Waals surface area contributed by atoms with Gasteiger partial charge in [0.25, 0.3) is 5.56 Å². The lowest BCUT2D eigenvalue weighted by Crippen LogP contribution is -2.38. The van der Waals surface area contributed by atoms with Gasteiger partial charge in [0.15, 0.2) is 12.5 Å². The number of esters is 1. The van der Waals surface area contributed by atoms with E-state index in [-0.39, 0.29) is 37.1 Å². The fourth-order valence-electron chi connectivity index (χ4n) is 2.10. The van der Waals surface area contributed by atoms with Crippen molar-refractivity contribution in [3.63, 3.8) is 0 Å². The molecule has 0 aromatic carbocycles. The molecule has 0 saturated carbocycles. The second-order valence-electron chi connectivity index (χ2n) is 5.80. The van der Waals surface area contributed by atoms with Crippen LogP contribution in [0.2, 0.25) is 0 Å². The molecule has 0 radical (unpaired) electrons. The second kappa shape index (κ2) is 10.0. The minimum atomic E-state index is -0.817. The summed E-state index contributed by atoms with van der Waals surface area (Å²) in [7, 11) is 0. The lowest BCUT2D eigenvalue weighted by atomic mass is 10.1. The molecule has 2 heterocycles. The van der Waals surface area contributed by atoms with E-state index in [1.165, 1.54) is 21.8 Å². The number of nitrogens with zero attached hydrogens (tertiary/aromatic N) is 1. The van der Waals surface area contributed by atoms with Gasteiger partial charge in [0.05, 0.1) is 12.2 Å². The zero-order valence-corrected chi connectivity index (χ0v) is 16.6. The Morgan fingerprint density at radius 1 is 1.54 bits per heavy atom. The van der Waals surface area contributed by atoms with Gasteiger partial charge >= 0.3 is 11.7 Å². The third-order valence-electron chi connectivity index (χ3n) is 3.63. The number of carbonyl (C=O) groups is 1. The minimum Gasteiger partial charge on any atom is -0.459 e. The van der Waals surface area contributed by atoms with Crippen molar-refractivity contribution in [2.45, 2.75) is 32.4 Å². The van der Waals surface area contributed by atoms with Crippen LogP contribution >= 0.6 is 28.3 Å². The summed E-state index contributed by atoms with van der Waals surface area (Å²) in [6, 6.07) is -0.724. The summed E-state index contributed by atoms with van der Waals surface area (Å²) in [6.07, 6.45) is 1.31. The zero-order valence-electron chi connectivity index (χ0n) is 14.2. The number of aromatic amines is 1. The first kappa shape index (κ1) is 22.6. The molecule has 0 amide bonds. The highest BCUT2D eigenvalue weighted by Gasteiger charge is 2.30. The summed E-state index contributed by atoms with van der Waals surface area (Å²) in [5.74, 6) is -0.595. The summed E-state index contributed by atoms with van der Waals surface area (Å²) in [5, 5.41) is 0. The van der Waals surface area contributed by atoms with Gasteiger partial charge in [-0.2, -0.15) is 0 Å². The summed E-state index contributed by atoms with van der Waals surface area (Å²) in [5.41, 5.74) is 4.84. The molecule has 26 heavy (non-hydrogen) atoms. The molecule has 0 spiro atoms. The number of halogens is 2. The van der Waals surface area contributed by atoms with Gasteiger partial charge in [-0.25, -0.2) is 4.79 Å². The van der Waals surface area contributed by atoms with Crippen LogP contribution in [-0.2, 0) is 19.0 Å². The van der Waals surface area contributed by atoms with E-state index in [0.717, 1.165) is 0 Å². The van der Waals surface area contributed by atoms with Crippen LogP contribution in [0.5, 0.6) is 0 Å². The van der Waals surface area contributed by atoms with Crippen molar-refractivity contribution in [2.24, 2.45) is 11.7 Å². The topological polar surface area (TPSA) is 126 Å². The molecular weight excluding hydrogens is 434 g/mol. The molecule has 1 aliphatic heterocycles. The van der Waals surface area contributed by atoms with Crippen LogP contribution in [0.1, 0.15) is 25.6 Å². The molecule has 0 bridgehead atoms. The van der Waals surface area contributed by atoms with E-state index in [1.54, 1.807) is 0 Å². The van der Waals surface area contributed by atoms with Crippen molar-refractivity contribution in [1.82, 2.24) is 9.55 Å². The molecule has 1 saturated heterocycles. The number of nitrogens with one attached hydrogen (secondary N) is 1. The maximum atomic E-state index is 12.0. The van der Waals surface area contributed by atoms with Crippen LogP contribution in [0.3, 0.4) is 0 Å². The minimum absolute atomic E-state index is 0. The number of carbonyl (C=O) groups excluding carboxylic acids is 1. The van der Waals surface area contributed by atoms with Gasteiger partial charge in [0.1, 0.15) is 12.6 Å². The Kier molecular flexibility index (Phi) is 8.71. The molecule has 2 rings (SSSR count). The van der Waals surface area contributed by atoms with Gasteiger partial charge in [0.2, 0.25) is 0 Å². The molecule has 1 aromatic heterocycles. The first-order valence-electron chi connectivity index (χ1n) is 7.65. The first-order valence-corrected chi connectivity index (χ1v) is 8.56. The summed E-state index contributed by atoms with van der Waals surface area (Å²) in [6.45, 7) is 3.56. The number of aromatic nitrogens is 2. The van der Waals surface area contributed by atoms with Crippen LogP contribution in [0, 0.1) is 5.92 Å². The lowest BCUT2D eigenvalue weighted by Gasteiger charge is -2.17. The number of hydrogen-bond acceptors (Lipinski definition) is 7. The monoisotopic (exact) mass is 453 g/mol. The first-order chi connectivity index (χ1) is 11.8. The number of nitrogens with two attached hydrogens (primary N) is 1. The van der Waals surface area contributed by atoms with E-state index in [9.17, 15) is 14.4 Å². The van der Waals surface area contributed by atoms with E-state index in [2.05, 4.69) is 20.9 Å². The molecule has 11 heteroatoms. The van der Waals surface area contributed by atoms with Crippen molar-refractivity contribution in [2.75, 3.05) is 13.2 Å². The van der Waals surface area contributed by atoms with Crippen molar-refractivity contribution in [1.29, 1.82) is 0 Å². The molecule has 146 valence electrons. The third-order valence-corrected chi connectivity index (χ3v) is 3.90. The molecule has 0 unspecified atom stereocenters. The van der Waals surface area contributed by atoms with Gasteiger partial charge in [-0.05, 0) is 17.0 Å². The van der Waals surface area contributed by atoms with Crippen LogP contribution in [0.25, 0.3) is 6.08 Å². The van der Waals surface area contributed by atoms with Gasteiger partial charge in [0, 0.05) is 6.20 Å². The quantitative estimate of drug-likeness (QED) is 0.607. The van der Waals surface area contributed by atoms with E-state index >= 15 is 0 Å². The van der Waals surface area contributed by atoms with E-state index in [0.29, 0.717) is 0 Å². The van der Waals surface area contributed by atoms with E-state index in [1.807, 2.05) is 13.8 Å². The Bertz CT molecular complexity index is 762. The summed E-state index contributed by atoms with van der Waals surface area (Å²) >= 11 is 3.08. The van der Waals surface area contributed by atoms with Crippen molar-refractivity contribution in [3.8, 4) is 0 Å².